The third-order valence-electron chi connectivity index (χ3n) is 2.85. The first-order chi connectivity index (χ1) is 8.20. The predicted octanol–water partition coefficient (Wildman–Crippen LogP) is 2.67. The molecule has 0 unspecified atom stereocenters. The fraction of sp³-hybridized carbons (Fsp3) is 0.786. The molecule has 0 aromatic heterocycles. The Kier molecular flexibility index (Phi) is 4.79. The van der Waals surface area contributed by atoms with Crippen LogP contribution >= 0.6 is 0 Å². The minimum atomic E-state index is -0.282. The van der Waals surface area contributed by atoms with E-state index in [0.717, 1.165) is 6.42 Å². The zero-order valence-electron chi connectivity index (χ0n) is 12.0. The Labute approximate surface area is 109 Å². The van der Waals surface area contributed by atoms with Crippen molar-refractivity contribution in [3.05, 3.63) is 12.3 Å². The van der Waals surface area contributed by atoms with Gasteiger partial charge in [-0.3, -0.25) is 4.79 Å². The molecule has 1 rings (SSSR count). The first-order valence-electron chi connectivity index (χ1n) is 6.31. The van der Waals surface area contributed by atoms with E-state index < -0.39 is 0 Å². The number of carbonyl (C=O) groups is 1. The first-order valence-corrected chi connectivity index (χ1v) is 6.31. The Balaban J connectivity index is 2.64. The van der Waals surface area contributed by atoms with Crippen molar-refractivity contribution in [1.29, 1.82) is 0 Å². The van der Waals surface area contributed by atoms with Gasteiger partial charge in [0.15, 0.2) is 0 Å². The van der Waals surface area contributed by atoms with Crippen molar-refractivity contribution in [3.63, 3.8) is 0 Å². The van der Waals surface area contributed by atoms with Crippen LogP contribution in [0.1, 0.15) is 41.0 Å². The molecule has 3 atom stereocenters. The molecule has 0 saturated carbocycles. The van der Waals surface area contributed by atoms with E-state index in [4.69, 9.17) is 14.2 Å². The maximum absolute atomic E-state index is 10.8. The second-order valence-corrected chi connectivity index (χ2v) is 5.94. The second-order valence-electron chi connectivity index (χ2n) is 5.94. The van der Waals surface area contributed by atoms with Crippen molar-refractivity contribution in [3.8, 4) is 0 Å². The lowest BCUT2D eigenvalue weighted by atomic mass is 9.86. The number of rotatable bonds is 4. The second kappa shape index (κ2) is 5.74. The molecule has 4 heteroatoms. The van der Waals surface area contributed by atoms with E-state index in [1.165, 1.54) is 6.92 Å². The van der Waals surface area contributed by atoms with Crippen molar-refractivity contribution in [2.24, 2.45) is 5.41 Å². The van der Waals surface area contributed by atoms with Crippen molar-refractivity contribution >= 4 is 5.97 Å². The molecule has 1 aliphatic heterocycles. The molecule has 1 fully saturated rings. The van der Waals surface area contributed by atoms with Crippen molar-refractivity contribution in [2.75, 3.05) is 6.61 Å². The van der Waals surface area contributed by atoms with Crippen molar-refractivity contribution in [1.82, 2.24) is 0 Å². The van der Waals surface area contributed by atoms with Gasteiger partial charge in [-0.25, -0.2) is 0 Å². The fourth-order valence-electron chi connectivity index (χ4n) is 2.18. The average Bonchev–Trinajstić information content (AvgIpc) is 2.56. The monoisotopic (exact) mass is 256 g/mol. The predicted molar refractivity (Wildman–Crippen MR) is 69.1 cm³/mol. The van der Waals surface area contributed by atoms with Crippen LogP contribution in [0.15, 0.2) is 12.3 Å². The zero-order chi connectivity index (χ0) is 13.9. The summed E-state index contributed by atoms with van der Waals surface area (Å²) in [4.78, 5) is 10.8. The highest BCUT2D eigenvalue weighted by Crippen LogP contribution is 2.36. The minimum absolute atomic E-state index is 0.0187. The average molecular weight is 256 g/mol. The van der Waals surface area contributed by atoms with Crippen LogP contribution in [0.25, 0.3) is 0 Å². The Morgan fingerprint density at radius 2 is 2.00 bits per heavy atom. The highest BCUT2D eigenvalue weighted by molar-refractivity contribution is 5.65. The van der Waals surface area contributed by atoms with Crippen LogP contribution in [-0.2, 0) is 19.0 Å². The van der Waals surface area contributed by atoms with Crippen molar-refractivity contribution in [2.45, 2.75) is 59.4 Å². The van der Waals surface area contributed by atoms with Gasteiger partial charge in [0, 0.05) is 13.3 Å². The van der Waals surface area contributed by atoms with E-state index in [1.54, 1.807) is 0 Å². The normalized spacial score (nSPS) is 27.9. The van der Waals surface area contributed by atoms with Crippen LogP contribution in [0.2, 0.25) is 0 Å². The van der Waals surface area contributed by atoms with Crippen LogP contribution in [0.5, 0.6) is 0 Å². The molecule has 1 saturated heterocycles. The number of allylic oxidation sites excluding steroid dienone is 1. The maximum Gasteiger partial charge on any atom is 0.302 e. The lowest BCUT2D eigenvalue weighted by Gasteiger charge is -2.31. The molecule has 104 valence electrons. The summed E-state index contributed by atoms with van der Waals surface area (Å²) >= 11 is 0. The highest BCUT2D eigenvalue weighted by atomic mass is 16.6. The molecule has 4 nitrogen and oxygen atoms in total. The third-order valence-corrected chi connectivity index (χ3v) is 2.85. The van der Waals surface area contributed by atoms with Gasteiger partial charge in [-0.1, -0.05) is 27.4 Å². The van der Waals surface area contributed by atoms with Gasteiger partial charge >= 0.3 is 5.97 Å². The fourth-order valence-corrected chi connectivity index (χ4v) is 2.18. The van der Waals surface area contributed by atoms with E-state index in [9.17, 15) is 4.79 Å². The summed E-state index contributed by atoms with van der Waals surface area (Å²) in [6.45, 7) is 13.6. The molecular weight excluding hydrogens is 232 g/mol. The van der Waals surface area contributed by atoms with E-state index >= 15 is 0 Å². The summed E-state index contributed by atoms with van der Waals surface area (Å²) in [5.74, 6) is 0.404. The Bertz CT molecular complexity index is 316. The number of carbonyl (C=O) groups excluding carboxylic acids is 1. The summed E-state index contributed by atoms with van der Waals surface area (Å²) in [7, 11) is 0. The number of esters is 1. The van der Waals surface area contributed by atoms with Gasteiger partial charge in [-0.2, -0.15) is 0 Å². The van der Waals surface area contributed by atoms with Gasteiger partial charge in [0.05, 0.1) is 18.0 Å². The minimum Gasteiger partial charge on any atom is -0.493 e. The smallest absolute Gasteiger partial charge is 0.302 e. The molecule has 0 N–H and O–H groups in total. The molecule has 0 aromatic rings. The molecular formula is C14H24O4. The Morgan fingerprint density at radius 1 is 1.39 bits per heavy atom. The van der Waals surface area contributed by atoms with Gasteiger partial charge in [0.1, 0.15) is 12.7 Å². The first kappa shape index (κ1) is 15.0. The number of ether oxygens (including phenoxy) is 3. The molecule has 1 aliphatic rings. The van der Waals surface area contributed by atoms with Crippen LogP contribution in [0.3, 0.4) is 0 Å². The van der Waals surface area contributed by atoms with Crippen LogP contribution < -0.4 is 0 Å². The third kappa shape index (κ3) is 4.33. The molecule has 0 spiro atoms. The SMILES string of the molecule is C=C(C)O[C@@H]1C[C@@H](COC(C)=O)O[C@H]1C(C)(C)C. The molecule has 0 bridgehead atoms. The summed E-state index contributed by atoms with van der Waals surface area (Å²) in [5.41, 5.74) is -0.0227. The zero-order valence-corrected chi connectivity index (χ0v) is 12.0. The quantitative estimate of drug-likeness (QED) is 0.573. The van der Waals surface area contributed by atoms with Crippen LogP contribution in [-0.4, -0.2) is 30.9 Å². The molecule has 0 amide bonds. The van der Waals surface area contributed by atoms with E-state index in [0.29, 0.717) is 5.76 Å². The van der Waals surface area contributed by atoms with E-state index in [1.807, 2.05) is 6.92 Å². The lowest BCUT2D eigenvalue weighted by Crippen LogP contribution is -2.36. The number of hydrogen-bond acceptors (Lipinski definition) is 4. The largest absolute Gasteiger partial charge is 0.493 e. The Hall–Kier alpha value is -1.03. The van der Waals surface area contributed by atoms with Gasteiger partial charge in [0.2, 0.25) is 0 Å². The molecule has 0 radical (unpaired) electrons. The number of hydrogen-bond donors (Lipinski definition) is 0. The van der Waals surface area contributed by atoms with Gasteiger partial charge in [-0.15, -0.1) is 0 Å². The maximum atomic E-state index is 10.8. The van der Waals surface area contributed by atoms with E-state index in [2.05, 4.69) is 27.4 Å². The summed E-state index contributed by atoms with van der Waals surface area (Å²) in [5, 5.41) is 0. The van der Waals surface area contributed by atoms with E-state index in [-0.39, 0.29) is 36.3 Å². The summed E-state index contributed by atoms with van der Waals surface area (Å²) in [6.07, 6.45) is 0.586. The van der Waals surface area contributed by atoms with Crippen LogP contribution in [0, 0.1) is 5.41 Å². The molecule has 18 heavy (non-hydrogen) atoms. The summed E-state index contributed by atoms with van der Waals surface area (Å²) < 4.78 is 16.7. The standard InChI is InChI=1S/C14H24O4/c1-9(2)17-12-7-11(8-16-10(3)15)18-13(12)14(4,5)6/h11-13H,1,7-8H2,2-6H3/t11-,12+,13+/m0/s1. The van der Waals surface area contributed by atoms with Gasteiger partial charge < -0.3 is 14.2 Å². The lowest BCUT2D eigenvalue weighted by molar-refractivity contribution is -0.146. The Morgan fingerprint density at radius 3 is 2.44 bits per heavy atom. The van der Waals surface area contributed by atoms with Gasteiger partial charge in [0.25, 0.3) is 0 Å². The summed E-state index contributed by atoms with van der Waals surface area (Å²) in [6, 6.07) is 0. The highest BCUT2D eigenvalue weighted by Gasteiger charge is 2.43. The van der Waals surface area contributed by atoms with Crippen LogP contribution in [0.4, 0.5) is 0 Å². The van der Waals surface area contributed by atoms with Gasteiger partial charge in [-0.05, 0) is 12.3 Å². The molecule has 1 heterocycles. The topological polar surface area (TPSA) is 44.8 Å². The van der Waals surface area contributed by atoms with Crippen molar-refractivity contribution < 1.29 is 19.0 Å². The molecule has 0 aromatic carbocycles. The molecule has 0 aliphatic carbocycles.